The average molecular weight is 546 g/mol. The topological polar surface area (TPSA) is 68.0 Å². The number of carbonyl (C=O) groups is 1. The number of hydrogen-bond acceptors (Lipinski definition) is 4. The van der Waals surface area contributed by atoms with E-state index in [1.165, 1.54) is 4.90 Å². The molecule has 1 N–H and O–H groups in total. The number of anilines is 1. The van der Waals surface area contributed by atoms with Gasteiger partial charge in [0.05, 0.1) is 11.7 Å². The number of benzene rings is 1. The average Bonchev–Trinajstić information content (AvgIpc) is 3.24. The molecule has 0 saturated heterocycles. The second kappa shape index (κ2) is 8.68. The molecular formula is C21H21BrClF3N6O. The Morgan fingerprint density at radius 1 is 1.30 bits per heavy atom. The van der Waals surface area contributed by atoms with Crippen molar-refractivity contribution >= 4 is 39.3 Å². The van der Waals surface area contributed by atoms with E-state index in [0.717, 1.165) is 20.4 Å². The largest absolute Gasteiger partial charge is 0.410 e. The molecule has 1 aromatic carbocycles. The summed E-state index contributed by atoms with van der Waals surface area (Å²) >= 11 is 9.76. The summed E-state index contributed by atoms with van der Waals surface area (Å²) in [5.74, 6) is -0.597. The van der Waals surface area contributed by atoms with Crippen LogP contribution in [0.3, 0.4) is 0 Å². The van der Waals surface area contributed by atoms with Crippen LogP contribution in [0.2, 0.25) is 5.02 Å². The lowest BCUT2D eigenvalue weighted by molar-refractivity contribution is -0.173. The van der Waals surface area contributed by atoms with Crippen molar-refractivity contribution in [3.05, 3.63) is 62.5 Å². The van der Waals surface area contributed by atoms with Crippen molar-refractivity contribution in [2.45, 2.75) is 38.1 Å². The zero-order valence-electron chi connectivity index (χ0n) is 18.0. The van der Waals surface area contributed by atoms with Crippen molar-refractivity contribution in [3.8, 4) is 0 Å². The van der Waals surface area contributed by atoms with Gasteiger partial charge in [-0.1, -0.05) is 39.7 Å². The van der Waals surface area contributed by atoms with Crippen LogP contribution in [0.25, 0.3) is 0 Å². The van der Waals surface area contributed by atoms with Gasteiger partial charge in [0, 0.05) is 43.3 Å². The standard InChI is InChI=1S/C21H21BrClF3N6O/c1-11-13(10-31(3)28-11)9-30(2)20(33)18-17(23)19-27-15(12-4-6-14(22)7-5-12)8-16(21(24,25)26)32(19)29-18/h4-7,10,15-16,27H,8-9H2,1-3H3. The van der Waals surface area contributed by atoms with Gasteiger partial charge >= 0.3 is 6.18 Å². The van der Waals surface area contributed by atoms with Gasteiger partial charge in [0.1, 0.15) is 10.8 Å². The van der Waals surface area contributed by atoms with Crippen LogP contribution in [-0.4, -0.2) is 43.6 Å². The van der Waals surface area contributed by atoms with Crippen molar-refractivity contribution in [2.24, 2.45) is 7.05 Å². The third-order valence-corrected chi connectivity index (χ3v) is 6.53. The van der Waals surface area contributed by atoms with Crippen molar-refractivity contribution in [1.82, 2.24) is 24.5 Å². The summed E-state index contributed by atoms with van der Waals surface area (Å²) in [5, 5.41) is 11.2. The minimum Gasteiger partial charge on any atom is -0.362 e. The minimum absolute atomic E-state index is 0.0209. The molecule has 2 unspecified atom stereocenters. The highest BCUT2D eigenvalue weighted by Crippen LogP contribution is 2.46. The van der Waals surface area contributed by atoms with Crippen molar-refractivity contribution < 1.29 is 18.0 Å². The van der Waals surface area contributed by atoms with Crippen LogP contribution in [0.4, 0.5) is 19.0 Å². The number of alkyl halides is 3. The van der Waals surface area contributed by atoms with E-state index in [-0.39, 0.29) is 29.5 Å². The first-order valence-corrected chi connectivity index (χ1v) is 11.2. The van der Waals surface area contributed by atoms with Gasteiger partial charge < -0.3 is 10.2 Å². The second-order valence-corrected chi connectivity index (χ2v) is 9.37. The third kappa shape index (κ3) is 4.61. The third-order valence-electron chi connectivity index (χ3n) is 5.64. The van der Waals surface area contributed by atoms with E-state index in [4.69, 9.17) is 11.6 Å². The molecule has 0 spiro atoms. The Hall–Kier alpha value is -2.53. The molecule has 2 atom stereocenters. The molecule has 0 fully saturated rings. The number of nitrogens with one attached hydrogen (secondary N) is 1. The van der Waals surface area contributed by atoms with Gasteiger partial charge in [-0.2, -0.15) is 23.4 Å². The lowest BCUT2D eigenvalue weighted by Crippen LogP contribution is -2.36. The van der Waals surface area contributed by atoms with Crippen LogP contribution in [0.1, 0.15) is 45.8 Å². The molecule has 1 amide bonds. The quantitative estimate of drug-likeness (QED) is 0.485. The predicted molar refractivity (Wildman–Crippen MR) is 121 cm³/mol. The summed E-state index contributed by atoms with van der Waals surface area (Å²) in [7, 11) is 3.31. The fourth-order valence-electron chi connectivity index (χ4n) is 3.95. The number of hydrogen-bond donors (Lipinski definition) is 1. The summed E-state index contributed by atoms with van der Waals surface area (Å²) in [6, 6.07) is 4.43. The summed E-state index contributed by atoms with van der Waals surface area (Å²) < 4.78 is 45.1. The van der Waals surface area contributed by atoms with E-state index in [1.54, 1.807) is 49.2 Å². The summed E-state index contributed by atoms with van der Waals surface area (Å²) in [4.78, 5) is 14.4. The Morgan fingerprint density at radius 2 is 1.97 bits per heavy atom. The summed E-state index contributed by atoms with van der Waals surface area (Å²) in [6.07, 6.45) is -3.07. The van der Waals surface area contributed by atoms with Gasteiger partial charge in [-0.3, -0.25) is 9.48 Å². The van der Waals surface area contributed by atoms with Crippen LogP contribution in [0.15, 0.2) is 34.9 Å². The molecular weight excluding hydrogens is 525 g/mol. The number of aryl methyl sites for hydroxylation is 2. The minimum atomic E-state index is -4.57. The number of fused-ring (bicyclic) bond motifs is 1. The number of rotatable bonds is 4. The number of aromatic nitrogens is 4. The second-order valence-electron chi connectivity index (χ2n) is 8.07. The smallest absolute Gasteiger partial charge is 0.362 e. The maximum absolute atomic E-state index is 14.0. The van der Waals surface area contributed by atoms with Crippen LogP contribution < -0.4 is 5.32 Å². The van der Waals surface area contributed by atoms with Crippen molar-refractivity contribution in [3.63, 3.8) is 0 Å². The highest BCUT2D eigenvalue weighted by molar-refractivity contribution is 9.10. The van der Waals surface area contributed by atoms with E-state index in [0.29, 0.717) is 5.56 Å². The van der Waals surface area contributed by atoms with Crippen LogP contribution >= 0.6 is 27.5 Å². The maximum atomic E-state index is 14.0. The lowest BCUT2D eigenvalue weighted by atomic mass is 9.97. The van der Waals surface area contributed by atoms with Crippen LogP contribution in [0, 0.1) is 6.92 Å². The van der Waals surface area contributed by atoms with E-state index in [1.807, 2.05) is 6.92 Å². The van der Waals surface area contributed by atoms with Gasteiger partial charge in [0.25, 0.3) is 5.91 Å². The van der Waals surface area contributed by atoms with E-state index >= 15 is 0 Å². The van der Waals surface area contributed by atoms with Gasteiger partial charge in [0.15, 0.2) is 11.7 Å². The number of nitrogens with zero attached hydrogens (tertiary/aromatic N) is 5. The Labute approximate surface area is 201 Å². The molecule has 2 aromatic heterocycles. The molecule has 1 aliphatic rings. The Balaban J connectivity index is 1.67. The predicted octanol–water partition coefficient (Wildman–Crippen LogP) is 5.27. The SMILES string of the molecule is Cc1nn(C)cc1CN(C)C(=O)c1nn2c(c1Cl)NC(c1ccc(Br)cc1)CC2C(F)(F)F. The van der Waals surface area contributed by atoms with Gasteiger partial charge in [0.2, 0.25) is 0 Å². The first-order valence-electron chi connectivity index (χ1n) is 10.1. The molecule has 0 aliphatic carbocycles. The number of halogens is 5. The van der Waals surface area contributed by atoms with Gasteiger partial charge in [-0.05, 0) is 24.6 Å². The van der Waals surface area contributed by atoms with Crippen molar-refractivity contribution in [1.29, 1.82) is 0 Å². The molecule has 0 bridgehead atoms. The molecule has 0 radical (unpaired) electrons. The van der Waals surface area contributed by atoms with Crippen molar-refractivity contribution in [2.75, 3.05) is 12.4 Å². The molecule has 176 valence electrons. The maximum Gasteiger partial charge on any atom is 0.410 e. The normalized spacial score (nSPS) is 18.1. The molecule has 7 nitrogen and oxygen atoms in total. The fraction of sp³-hybridized carbons (Fsp3) is 0.381. The van der Waals surface area contributed by atoms with Crippen LogP contribution in [0.5, 0.6) is 0 Å². The molecule has 33 heavy (non-hydrogen) atoms. The molecule has 4 rings (SSSR count). The van der Waals surface area contributed by atoms with E-state index < -0.39 is 24.2 Å². The first kappa shape index (κ1) is 23.6. The van der Waals surface area contributed by atoms with E-state index in [9.17, 15) is 18.0 Å². The number of carbonyl (C=O) groups excluding carboxylic acids is 1. The number of amides is 1. The highest BCUT2D eigenvalue weighted by atomic mass is 79.9. The van der Waals surface area contributed by atoms with E-state index in [2.05, 4.69) is 31.4 Å². The van der Waals surface area contributed by atoms with Crippen LogP contribution in [-0.2, 0) is 13.6 Å². The molecule has 0 saturated carbocycles. The Morgan fingerprint density at radius 3 is 2.55 bits per heavy atom. The first-order chi connectivity index (χ1) is 15.5. The Bertz CT molecular complexity index is 1190. The summed E-state index contributed by atoms with van der Waals surface area (Å²) in [5.41, 5.74) is 2.01. The highest BCUT2D eigenvalue weighted by Gasteiger charge is 2.48. The fourth-order valence-corrected chi connectivity index (χ4v) is 4.48. The lowest BCUT2D eigenvalue weighted by Gasteiger charge is -2.33. The molecule has 3 aromatic rings. The monoisotopic (exact) mass is 544 g/mol. The Kier molecular flexibility index (Phi) is 6.21. The zero-order valence-corrected chi connectivity index (χ0v) is 20.3. The zero-order chi connectivity index (χ0) is 24.1. The molecule has 12 heteroatoms. The summed E-state index contributed by atoms with van der Waals surface area (Å²) in [6.45, 7) is 2.03. The van der Waals surface area contributed by atoms with Gasteiger partial charge in [-0.15, -0.1) is 0 Å². The van der Waals surface area contributed by atoms with Gasteiger partial charge in [-0.25, -0.2) is 4.68 Å². The molecule has 3 heterocycles. The molecule has 1 aliphatic heterocycles.